The number of carbonyl (C=O) groups is 1. The highest BCUT2D eigenvalue weighted by atomic mass is 127. The Labute approximate surface area is 202 Å². The van der Waals surface area contributed by atoms with Crippen LogP contribution in [0.15, 0.2) is 41.2 Å². The molecule has 174 valence electrons. The molecular weight excluding hydrogens is 571 g/mol. The summed E-state index contributed by atoms with van der Waals surface area (Å²) in [7, 11) is 0. The molecule has 1 fully saturated rings. The molecule has 2 bridgehead atoms. The summed E-state index contributed by atoms with van der Waals surface area (Å²) in [5.74, 6) is -2.62. The summed E-state index contributed by atoms with van der Waals surface area (Å²) in [6.45, 7) is 0.0590. The Morgan fingerprint density at radius 2 is 1.94 bits per heavy atom. The summed E-state index contributed by atoms with van der Waals surface area (Å²) in [6, 6.07) is 7.46. The minimum Gasteiger partial charge on any atom is -0.493 e. The second-order valence-electron chi connectivity index (χ2n) is 8.03. The van der Waals surface area contributed by atoms with Gasteiger partial charge in [-0.25, -0.2) is 13.8 Å². The highest BCUT2D eigenvalue weighted by molar-refractivity contribution is 14.1. The number of hydrogen-bond acceptors (Lipinski definition) is 4. The van der Waals surface area contributed by atoms with Crippen LogP contribution in [0.3, 0.4) is 0 Å². The lowest BCUT2D eigenvalue weighted by molar-refractivity contribution is -0.140. The van der Waals surface area contributed by atoms with Crippen LogP contribution in [-0.2, 0) is 6.18 Å². The van der Waals surface area contributed by atoms with E-state index >= 15 is 0 Å². The molecule has 1 amide bonds. The van der Waals surface area contributed by atoms with Gasteiger partial charge in [0.05, 0.1) is 28.9 Å². The maximum absolute atomic E-state index is 13.7. The van der Waals surface area contributed by atoms with E-state index in [1.54, 1.807) is 6.07 Å². The molecule has 7 nitrogen and oxygen atoms in total. The monoisotopic (exact) mass is 584 g/mol. The SMILES string of the molecule is N#Cc1ccc(-n2c(O)c3n(c2=O)[C@H]2C[C@@H]3N(C(=O)c3ccc(F)c(C(F)(F)F)c3)C2)cc1I. The van der Waals surface area contributed by atoms with E-state index in [0.717, 1.165) is 10.6 Å². The number of imidazole rings is 1. The summed E-state index contributed by atoms with van der Waals surface area (Å²) in [5, 5.41) is 20.0. The van der Waals surface area contributed by atoms with Crippen LogP contribution in [0.4, 0.5) is 17.6 Å². The first-order valence-corrected chi connectivity index (χ1v) is 11.0. The Balaban J connectivity index is 1.54. The van der Waals surface area contributed by atoms with E-state index in [1.165, 1.54) is 21.6 Å². The van der Waals surface area contributed by atoms with Gasteiger partial charge in [0.2, 0.25) is 5.88 Å². The maximum Gasteiger partial charge on any atom is 0.419 e. The zero-order valence-corrected chi connectivity index (χ0v) is 19.1. The summed E-state index contributed by atoms with van der Waals surface area (Å²) >= 11 is 1.94. The van der Waals surface area contributed by atoms with Gasteiger partial charge in [-0.2, -0.15) is 18.4 Å². The molecule has 1 saturated heterocycles. The van der Waals surface area contributed by atoms with Crippen molar-refractivity contribution in [2.75, 3.05) is 6.54 Å². The molecule has 0 saturated carbocycles. The number of rotatable bonds is 2. The standard InChI is InChI=1S/C22H13F4IN4O3/c23-15-4-2-10(5-14(15)22(24,25)26)19(32)29-9-13-7-17(29)18-20(33)31(21(34)30(13)18)12-3-1-11(8-28)16(27)6-12/h1-6,13,17,33H,7,9H2/t13-,17-/m0/s1. The number of fused-ring (bicyclic) bond motifs is 5. The maximum atomic E-state index is 13.7. The molecule has 3 heterocycles. The van der Waals surface area contributed by atoms with E-state index in [9.17, 15) is 32.3 Å². The third-order valence-corrected chi connectivity index (χ3v) is 7.06. The van der Waals surface area contributed by atoms with Crippen molar-refractivity contribution in [1.29, 1.82) is 5.26 Å². The third kappa shape index (κ3) is 3.21. The number of amides is 1. The van der Waals surface area contributed by atoms with Gasteiger partial charge in [-0.1, -0.05) is 0 Å². The third-order valence-electron chi connectivity index (χ3n) is 6.17. The second kappa shape index (κ2) is 7.59. The molecule has 5 rings (SSSR count). The number of aromatic nitrogens is 2. The lowest BCUT2D eigenvalue weighted by Crippen LogP contribution is -2.38. The van der Waals surface area contributed by atoms with E-state index in [-0.39, 0.29) is 23.7 Å². The van der Waals surface area contributed by atoms with Gasteiger partial charge in [0.1, 0.15) is 17.6 Å². The number of nitrogens with zero attached hydrogens (tertiary/aromatic N) is 4. The molecule has 0 aliphatic carbocycles. The highest BCUT2D eigenvalue weighted by Crippen LogP contribution is 2.49. The Bertz CT molecular complexity index is 1470. The van der Waals surface area contributed by atoms with Crippen molar-refractivity contribution in [3.8, 4) is 17.6 Å². The molecule has 34 heavy (non-hydrogen) atoms. The number of aromatic hydroxyl groups is 1. The number of alkyl halides is 3. The number of halogens is 5. The van der Waals surface area contributed by atoms with Crippen molar-refractivity contribution in [3.63, 3.8) is 0 Å². The van der Waals surface area contributed by atoms with Crippen LogP contribution in [0.25, 0.3) is 5.69 Å². The first kappa shape index (κ1) is 22.5. The van der Waals surface area contributed by atoms with Crippen LogP contribution in [0.5, 0.6) is 5.88 Å². The first-order chi connectivity index (χ1) is 16.0. The van der Waals surface area contributed by atoms with Crippen LogP contribution in [0.1, 0.15) is 45.7 Å². The molecule has 1 aromatic heterocycles. The van der Waals surface area contributed by atoms with E-state index in [2.05, 4.69) is 0 Å². The van der Waals surface area contributed by atoms with Crippen molar-refractivity contribution >= 4 is 28.5 Å². The van der Waals surface area contributed by atoms with Crippen LogP contribution >= 0.6 is 22.6 Å². The molecule has 2 atom stereocenters. The highest BCUT2D eigenvalue weighted by Gasteiger charge is 2.49. The zero-order valence-electron chi connectivity index (χ0n) is 17.0. The molecule has 0 unspecified atom stereocenters. The molecular formula is C22H13F4IN4O3. The smallest absolute Gasteiger partial charge is 0.419 e. The molecule has 0 spiro atoms. The van der Waals surface area contributed by atoms with Gasteiger partial charge in [-0.05, 0) is 65.4 Å². The lowest BCUT2D eigenvalue weighted by Gasteiger charge is -2.28. The molecule has 1 N–H and O–H groups in total. The number of nitriles is 1. The predicted molar refractivity (Wildman–Crippen MR) is 118 cm³/mol. The van der Waals surface area contributed by atoms with Crippen molar-refractivity contribution in [2.24, 2.45) is 0 Å². The topological polar surface area (TPSA) is 91.3 Å². The fourth-order valence-corrected chi connectivity index (χ4v) is 5.30. The van der Waals surface area contributed by atoms with Crippen molar-refractivity contribution in [2.45, 2.75) is 24.7 Å². The van der Waals surface area contributed by atoms with Gasteiger partial charge in [0, 0.05) is 15.7 Å². The number of hydrogen-bond donors (Lipinski definition) is 1. The molecule has 2 aliphatic heterocycles. The van der Waals surface area contributed by atoms with Crippen molar-refractivity contribution in [3.05, 3.63) is 78.7 Å². The Morgan fingerprint density at radius 1 is 1.21 bits per heavy atom. The molecule has 2 aromatic carbocycles. The summed E-state index contributed by atoms with van der Waals surface area (Å²) in [5.41, 5.74) is -1.47. The van der Waals surface area contributed by atoms with Gasteiger partial charge < -0.3 is 10.0 Å². The molecule has 2 aliphatic rings. The van der Waals surface area contributed by atoms with Gasteiger partial charge in [0.25, 0.3) is 5.91 Å². The average molecular weight is 584 g/mol. The van der Waals surface area contributed by atoms with Crippen molar-refractivity contribution < 1.29 is 27.5 Å². The number of likely N-dealkylation sites (tertiary alicyclic amines) is 1. The summed E-state index contributed by atoms with van der Waals surface area (Å²) < 4.78 is 56.0. The minimum absolute atomic E-state index is 0.0590. The average Bonchev–Trinajstić information content (AvgIpc) is 3.44. The summed E-state index contributed by atoms with van der Waals surface area (Å²) in [6.07, 6.45) is -4.64. The van der Waals surface area contributed by atoms with E-state index in [0.29, 0.717) is 33.4 Å². The van der Waals surface area contributed by atoms with Crippen LogP contribution in [0, 0.1) is 20.7 Å². The van der Waals surface area contributed by atoms with Crippen LogP contribution < -0.4 is 5.69 Å². The largest absolute Gasteiger partial charge is 0.493 e. The minimum atomic E-state index is -4.96. The Hall–Kier alpha value is -3.34. The fraction of sp³-hybridized carbons (Fsp3) is 0.227. The normalized spacial score (nSPS) is 18.8. The van der Waals surface area contributed by atoms with Gasteiger partial charge >= 0.3 is 11.9 Å². The van der Waals surface area contributed by atoms with Crippen molar-refractivity contribution in [1.82, 2.24) is 14.0 Å². The molecule has 0 radical (unpaired) electrons. The first-order valence-electron chi connectivity index (χ1n) is 9.96. The van der Waals surface area contributed by atoms with Gasteiger partial charge in [-0.15, -0.1) is 0 Å². The van der Waals surface area contributed by atoms with Crippen LogP contribution in [-0.4, -0.2) is 31.6 Å². The number of carbonyl (C=O) groups excluding carboxylic acids is 1. The molecule has 3 aromatic rings. The second-order valence-corrected chi connectivity index (χ2v) is 9.19. The fourth-order valence-electron chi connectivity index (χ4n) is 4.68. The zero-order chi connectivity index (χ0) is 24.5. The Morgan fingerprint density at radius 3 is 2.59 bits per heavy atom. The van der Waals surface area contributed by atoms with Gasteiger partial charge in [0.15, 0.2) is 0 Å². The van der Waals surface area contributed by atoms with E-state index in [1.807, 2.05) is 28.7 Å². The van der Waals surface area contributed by atoms with Gasteiger partial charge in [-0.3, -0.25) is 9.36 Å². The predicted octanol–water partition coefficient (Wildman–Crippen LogP) is 4.12. The van der Waals surface area contributed by atoms with E-state index in [4.69, 9.17) is 5.26 Å². The lowest BCUT2D eigenvalue weighted by atomic mass is 10.1. The van der Waals surface area contributed by atoms with E-state index < -0.39 is 41.2 Å². The molecule has 12 heteroatoms. The Kier molecular flexibility index (Phi) is 5.01. The summed E-state index contributed by atoms with van der Waals surface area (Å²) in [4.78, 5) is 27.5. The van der Waals surface area contributed by atoms with Crippen LogP contribution in [0.2, 0.25) is 0 Å². The quantitative estimate of drug-likeness (QED) is 0.363. The number of benzene rings is 2.